The molecule has 6 aromatic rings. The fourth-order valence-electron chi connectivity index (χ4n) is 6.83. The first kappa shape index (κ1) is 31.8. The number of fused-ring (bicyclic) bond motifs is 2. The van der Waals surface area contributed by atoms with Crippen molar-refractivity contribution in [2.75, 3.05) is 40.3 Å². The summed E-state index contributed by atoms with van der Waals surface area (Å²) in [5, 5.41) is 2.26. The highest BCUT2D eigenvalue weighted by atomic mass is 15.1. The maximum atomic E-state index is 5.05. The minimum Gasteiger partial charge on any atom is -0.306 e. The minimum atomic E-state index is 0.466. The number of hydrogen-bond donors (Lipinski definition) is 0. The first-order chi connectivity index (χ1) is 23.4. The zero-order chi connectivity index (χ0) is 33.0. The van der Waals surface area contributed by atoms with Crippen LogP contribution in [-0.4, -0.2) is 70.0 Å². The summed E-state index contributed by atoms with van der Waals surface area (Å²) in [5.74, 6) is 2.36. The number of benzene rings is 4. The SMILES string of the molecule is Cc1ccccc1-c1nc(C2=CCN(C)CC2)nc2ccccc12.Cc1ccccc1-c1nc(C2CCN(C)CC2)nc2ccccc12. The molecule has 0 aliphatic carbocycles. The predicted octanol–water partition coefficient (Wildman–Crippen LogP) is 8.74. The van der Waals surface area contributed by atoms with Crippen LogP contribution >= 0.6 is 0 Å². The second-order valence-corrected chi connectivity index (χ2v) is 13.3. The third-order valence-electron chi connectivity index (χ3n) is 9.81. The molecule has 4 heterocycles. The summed E-state index contributed by atoms with van der Waals surface area (Å²) in [4.78, 5) is 24.5. The topological polar surface area (TPSA) is 58.0 Å². The third kappa shape index (κ3) is 6.77. The number of para-hydroxylation sites is 2. The average Bonchev–Trinajstić information content (AvgIpc) is 3.12. The fourth-order valence-corrected chi connectivity index (χ4v) is 6.83. The van der Waals surface area contributed by atoms with E-state index in [4.69, 9.17) is 19.9 Å². The van der Waals surface area contributed by atoms with E-state index in [-0.39, 0.29) is 0 Å². The molecule has 48 heavy (non-hydrogen) atoms. The van der Waals surface area contributed by atoms with E-state index in [1.54, 1.807) is 0 Å². The first-order valence-corrected chi connectivity index (χ1v) is 17.2. The molecule has 0 unspecified atom stereocenters. The lowest BCUT2D eigenvalue weighted by Gasteiger charge is -2.28. The van der Waals surface area contributed by atoms with E-state index in [1.165, 1.54) is 27.8 Å². The molecule has 0 spiro atoms. The van der Waals surface area contributed by atoms with E-state index in [0.717, 1.165) is 90.3 Å². The molecule has 1 fully saturated rings. The van der Waals surface area contributed by atoms with Gasteiger partial charge in [0.15, 0.2) is 5.82 Å². The van der Waals surface area contributed by atoms with Gasteiger partial charge in [-0.1, -0.05) is 91.0 Å². The Morgan fingerprint density at radius 2 is 1.10 bits per heavy atom. The van der Waals surface area contributed by atoms with Gasteiger partial charge in [0, 0.05) is 40.9 Å². The van der Waals surface area contributed by atoms with Crippen molar-refractivity contribution in [3.63, 3.8) is 0 Å². The van der Waals surface area contributed by atoms with Gasteiger partial charge in [0.1, 0.15) is 5.82 Å². The van der Waals surface area contributed by atoms with E-state index < -0.39 is 0 Å². The molecule has 2 aliphatic heterocycles. The molecule has 0 N–H and O–H groups in total. The third-order valence-corrected chi connectivity index (χ3v) is 9.81. The van der Waals surface area contributed by atoms with Crippen molar-refractivity contribution in [2.24, 2.45) is 0 Å². The first-order valence-electron chi connectivity index (χ1n) is 17.2. The van der Waals surface area contributed by atoms with E-state index in [2.05, 4.69) is 135 Å². The lowest BCUT2D eigenvalue weighted by molar-refractivity contribution is 0.251. The molecule has 6 nitrogen and oxygen atoms in total. The van der Waals surface area contributed by atoms with Gasteiger partial charge in [0.05, 0.1) is 22.4 Å². The Bertz CT molecular complexity index is 2090. The van der Waals surface area contributed by atoms with E-state index in [0.29, 0.717) is 5.92 Å². The number of likely N-dealkylation sites (tertiary alicyclic amines) is 1. The maximum Gasteiger partial charge on any atom is 0.156 e. The summed E-state index contributed by atoms with van der Waals surface area (Å²) in [6, 6.07) is 33.6. The Morgan fingerprint density at radius 1 is 0.562 bits per heavy atom. The molecule has 0 atom stereocenters. The number of likely N-dealkylation sites (N-methyl/N-ethyl adjacent to an activating group) is 1. The molecule has 4 aromatic carbocycles. The molecule has 0 bridgehead atoms. The second-order valence-electron chi connectivity index (χ2n) is 13.3. The lowest BCUT2D eigenvalue weighted by atomic mass is 9.95. The molecule has 6 heteroatoms. The zero-order valence-electron chi connectivity index (χ0n) is 28.5. The number of rotatable bonds is 4. The van der Waals surface area contributed by atoms with Crippen molar-refractivity contribution >= 4 is 27.4 Å². The summed E-state index contributed by atoms with van der Waals surface area (Å²) in [6.07, 6.45) is 5.54. The predicted molar refractivity (Wildman–Crippen MR) is 199 cm³/mol. The molecular formula is C42H44N6. The van der Waals surface area contributed by atoms with Gasteiger partial charge in [-0.15, -0.1) is 0 Å². The summed E-state index contributed by atoms with van der Waals surface area (Å²) in [5.41, 5.74) is 10.3. The van der Waals surface area contributed by atoms with Gasteiger partial charge >= 0.3 is 0 Å². The summed E-state index contributed by atoms with van der Waals surface area (Å²) >= 11 is 0. The summed E-state index contributed by atoms with van der Waals surface area (Å²) in [7, 11) is 4.34. The standard InChI is InChI=1S/C21H23N3.C21H21N3/c2*1-15-7-3-4-8-17(15)20-18-9-5-6-10-19(18)22-21(23-20)16-11-13-24(2)14-12-16/h3-10,16H,11-14H2,1-2H3;3-11H,12-14H2,1-2H3. The summed E-state index contributed by atoms with van der Waals surface area (Å²) < 4.78 is 0. The Labute approximate surface area is 284 Å². The maximum absolute atomic E-state index is 5.05. The molecular weight excluding hydrogens is 589 g/mol. The monoisotopic (exact) mass is 632 g/mol. The molecule has 242 valence electrons. The van der Waals surface area contributed by atoms with E-state index in [1.807, 2.05) is 6.07 Å². The molecule has 2 aromatic heterocycles. The number of aryl methyl sites for hydroxylation is 2. The van der Waals surface area contributed by atoms with Crippen LogP contribution in [0.3, 0.4) is 0 Å². The van der Waals surface area contributed by atoms with Crippen LogP contribution in [0.25, 0.3) is 49.9 Å². The highest BCUT2D eigenvalue weighted by molar-refractivity contribution is 5.94. The van der Waals surface area contributed by atoms with E-state index >= 15 is 0 Å². The molecule has 8 rings (SSSR count). The van der Waals surface area contributed by atoms with Gasteiger partial charge in [0.2, 0.25) is 0 Å². The van der Waals surface area contributed by atoms with Crippen LogP contribution in [0.15, 0.2) is 103 Å². The van der Waals surface area contributed by atoms with E-state index in [9.17, 15) is 0 Å². The van der Waals surface area contributed by atoms with Crippen LogP contribution in [0.4, 0.5) is 0 Å². The van der Waals surface area contributed by atoms with Crippen molar-refractivity contribution in [3.05, 3.63) is 126 Å². The largest absolute Gasteiger partial charge is 0.306 e. The van der Waals surface area contributed by atoms with Crippen molar-refractivity contribution in [2.45, 2.75) is 39.0 Å². The zero-order valence-corrected chi connectivity index (χ0v) is 28.5. The van der Waals surface area contributed by atoms with Crippen molar-refractivity contribution in [1.82, 2.24) is 29.7 Å². The van der Waals surface area contributed by atoms with Crippen LogP contribution in [0.2, 0.25) is 0 Å². The minimum absolute atomic E-state index is 0.466. The Hall–Kier alpha value is -4.78. The highest BCUT2D eigenvalue weighted by Gasteiger charge is 2.23. The van der Waals surface area contributed by atoms with Crippen LogP contribution in [0.1, 0.15) is 48.0 Å². The Balaban J connectivity index is 0.000000152. The normalized spacial score (nSPS) is 16.0. The number of hydrogen-bond acceptors (Lipinski definition) is 6. The smallest absolute Gasteiger partial charge is 0.156 e. The number of nitrogens with zero attached hydrogens (tertiary/aromatic N) is 6. The van der Waals surface area contributed by atoms with Gasteiger partial charge in [-0.2, -0.15) is 0 Å². The average molecular weight is 633 g/mol. The van der Waals surface area contributed by atoms with Gasteiger partial charge in [-0.3, -0.25) is 0 Å². The molecule has 1 saturated heterocycles. The van der Waals surface area contributed by atoms with Gasteiger partial charge < -0.3 is 9.80 Å². The Morgan fingerprint density at radius 3 is 1.69 bits per heavy atom. The van der Waals surface area contributed by atoms with Crippen LogP contribution in [-0.2, 0) is 0 Å². The molecule has 0 radical (unpaired) electrons. The quantitative estimate of drug-likeness (QED) is 0.194. The second kappa shape index (κ2) is 14.1. The lowest BCUT2D eigenvalue weighted by Crippen LogP contribution is -2.30. The van der Waals surface area contributed by atoms with Crippen LogP contribution in [0, 0.1) is 13.8 Å². The molecule has 2 aliphatic rings. The van der Waals surface area contributed by atoms with Gasteiger partial charge in [-0.25, -0.2) is 19.9 Å². The van der Waals surface area contributed by atoms with Crippen molar-refractivity contribution in [1.29, 1.82) is 0 Å². The Kier molecular flexibility index (Phi) is 9.37. The summed E-state index contributed by atoms with van der Waals surface area (Å²) in [6.45, 7) is 8.57. The fraction of sp³-hybridized carbons (Fsp3) is 0.286. The van der Waals surface area contributed by atoms with Crippen LogP contribution < -0.4 is 0 Å². The molecule has 0 amide bonds. The van der Waals surface area contributed by atoms with Crippen LogP contribution in [0.5, 0.6) is 0 Å². The number of piperidine rings is 1. The van der Waals surface area contributed by atoms with Crippen molar-refractivity contribution < 1.29 is 0 Å². The van der Waals surface area contributed by atoms with Gasteiger partial charge in [0.25, 0.3) is 0 Å². The highest BCUT2D eigenvalue weighted by Crippen LogP contribution is 2.33. The molecule has 0 saturated carbocycles. The van der Waals surface area contributed by atoms with Gasteiger partial charge in [-0.05, 0) is 89.1 Å². The van der Waals surface area contributed by atoms with Crippen molar-refractivity contribution in [3.8, 4) is 22.5 Å². The number of aromatic nitrogens is 4.